The van der Waals surface area contributed by atoms with Crippen molar-refractivity contribution in [2.45, 2.75) is 6.42 Å². The first-order valence-corrected chi connectivity index (χ1v) is 8.34. The third-order valence-corrected chi connectivity index (χ3v) is 3.92. The largest absolute Gasteiger partial charge is 0.508 e. The predicted octanol–water partition coefficient (Wildman–Crippen LogP) is 6.23. The summed E-state index contributed by atoms with van der Waals surface area (Å²) in [5, 5.41) is 9.61. The van der Waals surface area contributed by atoms with E-state index in [-0.39, 0.29) is 5.75 Å². The van der Waals surface area contributed by atoms with Crippen molar-refractivity contribution in [3.8, 4) is 5.75 Å². The molecule has 122 valence electrons. The molecule has 0 aliphatic heterocycles. The monoisotopic (exact) mass is 336 g/mol. The van der Waals surface area contributed by atoms with Crippen molar-refractivity contribution in [1.29, 1.82) is 0 Å². The average molecular weight is 337 g/mol. The lowest BCUT2D eigenvalue weighted by atomic mass is 9.87. The number of phenols is 1. The number of hydrogen-bond acceptors (Lipinski definition) is 1. The first-order valence-electron chi connectivity index (χ1n) is 7.80. The van der Waals surface area contributed by atoms with Crippen LogP contribution in [-0.4, -0.2) is 11.0 Å². The maximum absolute atomic E-state index is 9.61. The zero-order chi connectivity index (χ0) is 17.4. The van der Waals surface area contributed by atoms with E-state index in [1.807, 2.05) is 42.5 Å². The fourth-order valence-electron chi connectivity index (χ4n) is 2.67. The Kier molecular flexibility index (Phi) is 6.65. The van der Waals surface area contributed by atoms with Crippen molar-refractivity contribution >= 4 is 22.7 Å². The number of alkyl halides is 1. The summed E-state index contributed by atoms with van der Waals surface area (Å²) in [6.45, 7) is 7.75. The smallest absolute Gasteiger partial charge is 0.115 e. The molecule has 1 N–H and O–H groups in total. The lowest BCUT2D eigenvalue weighted by Gasteiger charge is -2.17. The van der Waals surface area contributed by atoms with Crippen molar-refractivity contribution < 1.29 is 5.11 Å². The van der Waals surface area contributed by atoms with Crippen LogP contribution in [0.1, 0.15) is 17.5 Å². The SMILES string of the molecule is C=C/C=C(C=C)/C(=C(\CCCl)c1ccccc1)c1ccc(O)cc1. The molecule has 2 heteroatoms. The van der Waals surface area contributed by atoms with Gasteiger partial charge < -0.3 is 5.11 Å². The summed E-state index contributed by atoms with van der Waals surface area (Å²) in [6, 6.07) is 17.4. The van der Waals surface area contributed by atoms with Gasteiger partial charge >= 0.3 is 0 Å². The summed E-state index contributed by atoms with van der Waals surface area (Å²) in [6.07, 6.45) is 6.23. The summed E-state index contributed by atoms with van der Waals surface area (Å²) in [7, 11) is 0. The molecule has 0 saturated heterocycles. The molecule has 0 amide bonds. The van der Waals surface area contributed by atoms with Crippen molar-refractivity contribution in [2.24, 2.45) is 0 Å². The number of halogens is 1. The molecular formula is C22H21ClO. The van der Waals surface area contributed by atoms with Gasteiger partial charge in [-0.25, -0.2) is 0 Å². The minimum atomic E-state index is 0.240. The van der Waals surface area contributed by atoms with Crippen LogP contribution in [0.15, 0.2) is 91.6 Å². The van der Waals surface area contributed by atoms with Gasteiger partial charge in [-0.2, -0.15) is 0 Å². The van der Waals surface area contributed by atoms with Crippen LogP contribution in [0.5, 0.6) is 5.75 Å². The van der Waals surface area contributed by atoms with Gasteiger partial charge in [0, 0.05) is 5.88 Å². The highest BCUT2D eigenvalue weighted by molar-refractivity contribution is 6.18. The first-order chi connectivity index (χ1) is 11.7. The molecule has 0 bridgehead atoms. The molecule has 0 fully saturated rings. The van der Waals surface area contributed by atoms with E-state index in [0.29, 0.717) is 5.88 Å². The lowest BCUT2D eigenvalue weighted by molar-refractivity contribution is 0.475. The molecule has 1 nitrogen and oxygen atoms in total. The van der Waals surface area contributed by atoms with Crippen LogP contribution in [0.25, 0.3) is 11.1 Å². The second-order valence-corrected chi connectivity index (χ2v) is 5.65. The van der Waals surface area contributed by atoms with Crippen LogP contribution in [0.3, 0.4) is 0 Å². The molecule has 2 rings (SSSR count). The van der Waals surface area contributed by atoms with Gasteiger partial charge in [-0.05, 0) is 46.4 Å². The van der Waals surface area contributed by atoms with E-state index in [2.05, 4.69) is 25.3 Å². The fraction of sp³-hybridized carbons (Fsp3) is 0.0909. The van der Waals surface area contributed by atoms with Gasteiger partial charge in [-0.3, -0.25) is 0 Å². The van der Waals surface area contributed by atoms with E-state index >= 15 is 0 Å². The molecule has 0 aromatic heterocycles. The minimum Gasteiger partial charge on any atom is -0.508 e. The van der Waals surface area contributed by atoms with E-state index in [4.69, 9.17) is 11.6 Å². The van der Waals surface area contributed by atoms with E-state index in [1.165, 1.54) is 0 Å². The normalized spacial score (nSPS) is 12.5. The highest BCUT2D eigenvalue weighted by atomic mass is 35.5. The molecule has 2 aromatic carbocycles. The highest BCUT2D eigenvalue weighted by Crippen LogP contribution is 2.35. The van der Waals surface area contributed by atoms with Crippen LogP contribution < -0.4 is 0 Å². The topological polar surface area (TPSA) is 20.2 Å². The Morgan fingerprint density at radius 2 is 1.62 bits per heavy atom. The lowest BCUT2D eigenvalue weighted by Crippen LogP contribution is -1.96. The van der Waals surface area contributed by atoms with Crippen LogP contribution in [0.4, 0.5) is 0 Å². The molecule has 24 heavy (non-hydrogen) atoms. The highest BCUT2D eigenvalue weighted by Gasteiger charge is 2.14. The molecule has 0 radical (unpaired) electrons. The van der Waals surface area contributed by atoms with Crippen molar-refractivity contribution in [3.63, 3.8) is 0 Å². The number of hydrogen-bond donors (Lipinski definition) is 1. The van der Waals surface area contributed by atoms with Gasteiger partial charge in [0.1, 0.15) is 5.75 Å². The van der Waals surface area contributed by atoms with Gasteiger partial charge in [-0.1, -0.05) is 73.9 Å². The Labute approximate surface area is 148 Å². The molecule has 0 unspecified atom stereocenters. The van der Waals surface area contributed by atoms with Gasteiger partial charge in [0.25, 0.3) is 0 Å². The third-order valence-electron chi connectivity index (χ3n) is 3.73. The Morgan fingerprint density at radius 1 is 0.958 bits per heavy atom. The van der Waals surface area contributed by atoms with Crippen LogP contribution in [-0.2, 0) is 0 Å². The molecule has 0 heterocycles. The fourth-order valence-corrected chi connectivity index (χ4v) is 2.86. The predicted molar refractivity (Wildman–Crippen MR) is 105 cm³/mol. The van der Waals surface area contributed by atoms with Gasteiger partial charge in [0.15, 0.2) is 0 Å². The maximum Gasteiger partial charge on any atom is 0.115 e. The molecule has 0 spiro atoms. The second-order valence-electron chi connectivity index (χ2n) is 5.27. The third kappa shape index (κ3) is 4.27. The molecule has 2 aromatic rings. The van der Waals surface area contributed by atoms with E-state index in [0.717, 1.165) is 34.3 Å². The summed E-state index contributed by atoms with van der Waals surface area (Å²) < 4.78 is 0. The average Bonchev–Trinajstić information content (AvgIpc) is 2.62. The summed E-state index contributed by atoms with van der Waals surface area (Å²) in [4.78, 5) is 0. The van der Waals surface area contributed by atoms with Crippen LogP contribution in [0.2, 0.25) is 0 Å². The molecule has 0 aliphatic rings. The Bertz CT molecular complexity index is 752. The first kappa shape index (κ1) is 17.8. The van der Waals surface area contributed by atoms with Crippen LogP contribution in [0, 0.1) is 0 Å². The molecule has 0 saturated carbocycles. The Hall–Kier alpha value is -2.51. The number of allylic oxidation sites excluding steroid dienone is 6. The van der Waals surface area contributed by atoms with Crippen molar-refractivity contribution in [3.05, 3.63) is 103 Å². The summed E-state index contributed by atoms with van der Waals surface area (Å²) in [5.74, 6) is 0.759. The number of aromatic hydroxyl groups is 1. The van der Waals surface area contributed by atoms with Crippen molar-refractivity contribution in [2.75, 3.05) is 5.88 Å². The van der Waals surface area contributed by atoms with E-state index in [1.54, 1.807) is 18.2 Å². The quantitative estimate of drug-likeness (QED) is 0.361. The number of phenolic OH excluding ortho intramolecular Hbond substituents is 1. The molecular weight excluding hydrogens is 316 g/mol. The Balaban J connectivity index is 2.78. The molecule has 0 atom stereocenters. The Morgan fingerprint density at radius 3 is 2.17 bits per heavy atom. The molecule has 0 aliphatic carbocycles. The van der Waals surface area contributed by atoms with E-state index < -0.39 is 0 Å². The van der Waals surface area contributed by atoms with Gasteiger partial charge in [0.2, 0.25) is 0 Å². The number of rotatable bonds is 7. The summed E-state index contributed by atoms with van der Waals surface area (Å²) >= 11 is 6.09. The van der Waals surface area contributed by atoms with E-state index in [9.17, 15) is 5.11 Å². The zero-order valence-corrected chi connectivity index (χ0v) is 14.3. The number of benzene rings is 2. The van der Waals surface area contributed by atoms with Gasteiger partial charge in [-0.15, -0.1) is 11.6 Å². The zero-order valence-electron chi connectivity index (χ0n) is 13.6. The maximum atomic E-state index is 9.61. The second kappa shape index (κ2) is 8.95. The minimum absolute atomic E-state index is 0.240. The van der Waals surface area contributed by atoms with Gasteiger partial charge in [0.05, 0.1) is 0 Å². The van der Waals surface area contributed by atoms with Crippen molar-refractivity contribution in [1.82, 2.24) is 0 Å². The standard InChI is InChI=1S/C22H21ClO/c1-3-8-17(4-2)22(19-11-13-20(24)14-12-19)21(15-16-23)18-9-6-5-7-10-18/h3-14,24H,1-2,15-16H2/b17-8+,22-21-. The summed E-state index contributed by atoms with van der Waals surface area (Å²) in [5.41, 5.74) is 5.29. The van der Waals surface area contributed by atoms with Crippen LogP contribution >= 0.6 is 11.6 Å².